The number of aliphatic hydroxyl groups is 1. The van der Waals surface area contributed by atoms with Crippen LogP contribution in [0, 0.1) is 11.8 Å². The first-order valence-corrected chi connectivity index (χ1v) is 11.1. The molecule has 8 nitrogen and oxygen atoms in total. The molecule has 0 aromatic rings. The molecule has 4 aliphatic rings. The number of aliphatic hydroxyl groups excluding tert-OH is 1. The summed E-state index contributed by atoms with van der Waals surface area (Å²) in [5, 5.41) is 9.63. The monoisotopic (exact) mass is 432 g/mol. The molecule has 31 heavy (non-hydrogen) atoms. The van der Waals surface area contributed by atoms with Crippen LogP contribution in [0.2, 0.25) is 0 Å². The van der Waals surface area contributed by atoms with Gasteiger partial charge in [-0.1, -0.05) is 24.3 Å². The van der Waals surface area contributed by atoms with Crippen molar-refractivity contribution in [1.82, 2.24) is 9.80 Å². The number of β-amino-alcohol motifs (C(OH)–C–C–N with tert-alkyl or cyclic N) is 1. The number of nitrogens with zero attached hydrogens (tertiary/aromatic N) is 2. The summed E-state index contributed by atoms with van der Waals surface area (Å²) < 4.78 is 12.0. The first-order chi connectivity index (χ1) is 14.7. The normalized spacial score (nSPS) is 37.1. The van der Waals surface area contributed by atoms with Crippen LogP contribution in [-0.2, 0) is 23.9 Å². The van der Waals surface area contributed by atoms with Gasteiger partial charge in [0.25, 0.3) is 0 Å². The first kappa shape index (κ1) is 22.0. The smallest absolute Gasteiger partial charge is 0.312 e. The molecule has 1 N–H and O–H groups in total. The highest BCUT2D eigenvalue weighted by Crippen LogP contribution is 2.53. The number of amides is 2. The lowest BCUT2D eigenvalue weighted by atomic mass is 9.77. The van der Waals surface area contributed by atoms with Crippen molar-refractivity contribution in [3.63, 3.8) is 0 Å². The molecule has 2 saturated heterocycles. The van der Waals surface area contributed by atoms with Gasteiger partial charge in [0.1, 0.15) is 17.6 Å². The van der Waals surface area contributed by atoms with Crippen molar-refractivity contribution < 1.29 is 29.0 Å². The van der Waals surface area contributed by atoms with Gasteiger partial charge in [0.15, 0.2) is 0 Å². The highest BCUT2D eigenvalue weighted by molar-refractivity contribution is 5.99. The highest BCUT2D eigenvalue weighted by atomic mass is 16.6. The summed E-state index contributed by atoms with van der Waals surface area (Å²) in [6.45, 7) is 6.24. The van der Waals surface area contributed by atoms with Crippen LogP contribution in [0.5, 0.6) is 0 Å². The Hall–Kier alpha value is -2.19. The fraction of sp³-hybridized carbons (Fsp3) is 0.696. The molecule has 0 aliphatic carbocycles. The minimum atomic E-state index is -1.27. The summed E-state index contributed by atoms with van der Waals surface area (Å²) in [6.07, 6.45) is 9.35. The zero-order valence-electron chi connectivity index (χ0n) is 18.5. The van der Waals surface area contributed by atoms with Crippen LogP contribution in [0.1, 0.15) is 40.0 Å². The van der Waals surface area contributed by atoms with Crippen LogP contribution < -0.4 is 0 Å². The minimum Gasteiger partial charge on any atom is -0.465 e. The summed E-state index contributed by atoms with van der Waals surface area (Å²) in [4.78, 5) is 43.5. The number of hydrogen-bond donors (Lipinski definition) is 1. The lowest BCUT2D eigenvalue weighted by Gasteiger charge is -2.40. The van der Waals surface area contributed by atoms with Gasteiger partial charge < -0.3 is 24.4 Å². The highest BCUT2D eigenvalue weighted by Gasteiger charge is 2.71. The van der Waals surface area contributed by atoms with Crippen LogP contribution in [0.3, 0.4) is 0 Å². The average Bonchev–Trinajstić information content (AvgIpc) is 3.07. The standard InChI is InChI=1S/C23H32N2O6/c1-22(2,3)25-11-8-10-23-17(19(27)24(12-13-26)18(23)20(25)28)16-15(31-23)9-6-4-5-7-14-30-21(16)29/h6,8-10,15-18,26H,4-5,7,11-14H2,1-3H3/b9-6-/t15-,16+,17-,18?,23-/m0/s1. The van der Waals surface area contributed by atoms with Gasteiger partial charge in [-0.15, -0.1) is 0 Å². The van der Waals surface area contributed by atoms with Crippen molar-refractivity contribution in [2.75, 3.05) is 26.3 Å². The molecule has 0 saturated carbocycles. The van der Waals surface area contributed by atoms with E-state index >= 15 is 0 Å². The molecule has 2 amide bonds. The molecule has 5 atom stereocenters. The van der Waals surface area contributed by atoms with Crippen molar-refractivity contribution in [1.29, 1.82) is 0 Å². The van der Waals surface area contributed by atoms with E-state index in [4.69, 9.17) is 9.47 Å². The fourth-order valence-electron chi connectivity index (χ4n) is 5.37. The van der Waals surface area contributed by atoms with Crippen LogP contribution in [0.25, 0.3) is 0 Å². The lowest BCUT2D eigenvalue weighted by Crippen LogP contribution is -2.58. The van der Waals surface area contributed by atoms with E-state index in [0.717, 1.165) is 19.3 Å². The van der Waals surface area contributed by atoms with Crippen LogP contribution in [0.4, 0.5) is 0 Å². The number of cyclic esters (lactones) is 1. The quantitative estimate of drug-likeness (QED) is 0.517. The van der Waals surface area contributed by atoms with Gasteiger partial charge in [0, 0.05) is 18.6 Å². The second-order valence-corrected chi connectivity index (χ2v) is 9.71. The Balaban J connectivity index is 1.83. The fourth-order valence-corrected chi connectivity index (χ4v) is 5.37. The molecular weight excluding hydrogens is 400 g/mol. The number of likely N-dealkylation sites (tertiary alicyclic amines) is 1. The third-order valence-electron chi connectivity index (χ3n) is 6.75. The number of carbonyl (C=O) groups excluding carboxylic acids is 3. The average molecular weight is 433 g/mol. The molecule has 8 heteroatoms. The summed E-state index contributed by atoms with van der Waals surface area (Å²) in [7, 11) is 0. The van der Waals surface area contributed by atoms with Crippen LogP contribution in [-0.4, -0.2) is 82.3 Å². The van der Waals surface area contributed by atoms with E-state index in [1.807, 2.05) is 39.0 Å². The van der Waals surface area contributed by atoms with Gasteiger partial charge in [-0.2, -0.15) is 0 Å². The summed E-state index contributed by atoms with van der Waals surface area (Å²) in [6, 6.07) is -0.936. The molecule has 170 valence electrons. The molecule has 0 radical (unpaired) electrons. The molecule has 2 fully saturated rings. The van der Waals surface area contributed by atoms with E-state index < -0.39 is 41.1 Å². The van der Waals surface area contributed by atoms with Gasteiger partial charge in [-0.05, 0) is 40.0 Å². The largest absolute Gasteiger partial charge is 0.465 e. The van der Waals surface area contributed by atoms with Gasteiger partial charge >= 0.3 is 5.97 Å². The third-order valence-corrected chi connectivity index (χ3v) is 6.75. The molecule has 4 rings (SSSR count). The Morgan fingerprint density at radius 3 is 2.65 bits per heavy atom. The Labute approximate surface area is 182 Å². The second-order valence-electron chi connectivity index (χ2n) is 9.71. The molecule has 1 spiro atoms. The number of carbonyl (C=O) groups is 3. The van der Waals surface area contributed by atoms with E-state index in [-0.39, 0.29) is 25.0 Å². The Kier molecular flexibility index (Phi) is 5.72. The van der Waals surface area contributed by atoms with Crippen molar-refractivity contribution in [3.05, 3.63) is 24.3 Å². The molecule has 1 unspecified atom stereocenters. The van der Waals surface area contributed by atoms with Crippen molar-refractivity contribution >= 4 is 17.8 Å². The summed E-state index contributed by atoms with van der Waals surface area (Å²) in [5.41, 5.74) is -1.73. The van der Waals surface area contributed by atoms with Crippen LogP contribution in [0.15, 0.2) is 24.3 Å². The van der Waals surface area contributed by atoms with Gasteiger partial charge in [0.05, 0.1) is 25.2 Å². The molecule has 0 aromatic heterocycles. The van der Waals surface area contributed by atoms with Gasteiger partial charge in [-0.3, -0.25) is 14.4 Å². The number of hydrogen-bond acceptors (Lipinski definition) is 6. The predicted molar refractivity (Wildman–Crippen MR) is 112 cm³/mol. The molecule has 0 bridgehead atoms. The van der Waals surface area contributed by atoms with E-state index in [0.29, 0.717) is 13.2 Å². The zero-order chi connectivity index (χ0) is 22.4. The first-order valence-electron chi connectivity index (χ1n) is 11.1. The molecular formula is C23H32N2O6. The minimum absolute atomic E-state index is 0.00491. The van der Waals surface area contributed by atoms with Crippen molar-refractivity contribution in [2.45, 2.75) is 63.3 Å². The lowest BCUT2D eigenvalue weighted by molar-refractivity contribution is -0.155. The van der Waals surface area contributed by atoms with Crippen molar-refractivity contribution in [3.8, 4) is 0 Å². The zero-order valence-corrected chi connectivity index (χ0v) is 18.5. The molecule has 0 aromatic carbocycles. The van der Waals surface area contributed by atoms with E-state index in [1.165, 1.54) is 4.90 Å². The van der Waals surface area contributed by atoms with E-state index in [2.05, 4.69) is 0 Å². The predicted octanol–water partition coefficient (Wildman–Crippen LogP) is 1.04. The summed E-state index contributed by atoms with van der Waals surface area (Å²) in [5.74, 6) is -2.74. The van der Waals surface area contributed by atoms with Crippen LogP contribution >= 0.6 is 0 Å². The number of fused-ring (bicyclic) bond motifs is 2. The maximum atomic E-state index is 13.8. The van der Waals surface area contributed by atoms with Gasteiger partial charge in [-0.25, -0.2) is 0 Å². The SMILES string of the molecule is CC(C)(C)N1CC=C[C@]23O[C@H]4/C=C\CCCCOC(=O)[C@H]4[C@H]2C(=O)N(CCO)C3C1=O. The number of ether oxygens (including phenoxy) is 2. The third kappa shape index (κ3) is 3.49. The van der Waals surface area contributed by atoms with E-state index in [9.17, 15) is 19.5 Å². The topological polar surface area (TPSA) is 96.4 Å². The van der Waals surface area contributed by atoms with Crippen molar-refractivity contribution in [2.24, 2.45) is 11.8 Å². The van der Waals surface area contributed by atoms with Gasteiger partial charge in [0.2, 0.25) is 11.8 Å². The Morgan fingerprint density at radius 2 is 1.94 bits per heavy atom. The second kappa shape index (κ2) is 8.06. The number of rotatable bonds is 2. The molecule has 4 heterocycles. The maximum Gasteiger partial charge on any atom is 0.312 e. The Morgan fingerprint density at radius 1 is 1.16 bits per heavy atom. The Bertz CT molecular complexity index is 815. The number of allylic oxidation sites excluding steroid dienone is 1. The number of esters is 1. The summed E-state index contributed by atoms with van der Waals surface area (Å²) >= 11 is 0. The van der Waals surface area contributed by atoms with E-state index in [1.54, 1.807) is 11.0 Å². The maximum absolute atomic E-state index is 13.8. The molecule has 4 aliphatic heterocycles.